The highest BCUT2D eigenvalue weighted by molar-refractivity contribution is 6.32. The number of ether oxygens (including phenoxy) is 3. The number of ketones is 1. The number of Topliss-reactive ketones (excluding diaryl/α,β-unsaturated/α-hetero) is 1. The maximum atomic E-state index is 12.6. The fraction of sp³-hybridized carbons (Fsp3) is 0.435. The molecule has 2 fully saturated rings. The Morgan fingerprint density at radius 2 is 1.67 bits per heavy atom. The molecule has 2 atom stereocenters. The molecule has 160 valence electrons. The van der Waals surface area contributed by atoms with E-state index in [1.54, 1.807) is 21.3 Å². The van der Waals surface area contributed by atoms with Gasteiger partial charge < -0.3 is 19.1 Å². The third-order valence-electron chi connectivity index (χ3n) is 6.11. The second kappa shape index (κ2) is 8.74. The van der Waals surface area contributed by atoms with E-state index in [1.165, 1.54) is 0 Å². The summed E-state index contributed by atoms with van der Waals surface area (Å²) >= 11 is 6.18. The van der Waals surface area contributed by atoms with Crippen LogP contribution in [0.1, 0.15) is 24.4 Å². The summed E-state index contributed by atoms with van der Waals surface area (Å²) < 4.78 is 16.2. The zero-order valence-corrected chi connectivity index (χ0v) is 18.3. The number of fused-ring (bicyclic) bond motifs is 1. The minimum atomic E-state index is 0.0537. The molecule has 2 aliphatic heterocycles. The highest BCUT2D eigenvalue weighted by atomic mass is 35.5. The van der Waals surface area contributed by atoms with E-state index in [0.717, 1.165) is 30.9 Å². The first-order valence-corrected chi connectivity index (χ1v) is 10.5. The summed E-state index contributed by atoms with van der Waals surface area (Å²) in [6.07, 6.45) is 1.10. The average Bonchev–Trinajstić information content (AvgIpc) is 2.77. The lowest BCUT2D eigenvalue weighted by Gasteiger charge is -2.48. The molecular formula is C23H27ClN2O4. The Morgan fingerprint density at radius 1 is 0.900 bits per heavy atom. The van der Waals surface area contributed by atoms with Gasteiger partial charge in [0.05, 0.1) is 26.4 Å². The molecule has 0 radical (unpaired) electrons. The third-order valence-corrected chi connectivity index (χ3v) is 6.42. The van der Waals surface area contributed by atoms with E-state index in [4.69, 9.17) is 25.8 Å². The quantitative estimate of drug-likeness (QED) is 0.715. The monoisotopic (exact) mass is 430 g/mol. The van der Waals surface area contributed by atoms with Gasteiger partial charge in [0.15, 0.2) is 11.5 Å². The minimum absolute atomic E-state index is 0.0537. The number of hydrogen-bond donors (Lipinski definition) is 0. The number of rotatable bonds is 5. The zero-order chi connectivity index (χ0) is 21.3. The summed E-state index contributed by atoms with van der Waals surface area (Å²) in [5, 5.41) is 0.598. The summed E-state index contributed by atoms with van der Waals surface area (Å²) in [5.74, 6) is 2.35. The van der Waals surface area contributed by atoms with Crippen molar-refractivity contribution in [1.29, 1.82) is 0 Å². The Bertz CT molecular complexity index is 935. The molecule has 2 aliphatic rings. The Kier molecular flexibility index (Phi) is 6.06. The van der Waals surface area contributed by atoms with Gasteiger partial charge in [-0.3, -0.25) is 9.69 Å². The first-order chi connectivity index (χ1) is 14.5. The molecule has 30 heavy (non-hydrogen) atoms. The highest BCUT2D eigenvalue weighted by Gasteiger charge is 2.39. The van der Waals surface area contributed by atoms with Gasteiger partial charge in [-0.1, -0.05) is 17.7 Å². The van der Waals surface area contributed by atoms with Crippen molar-refractivity contribution in [3.63, 3.8) is 0 Å². The highest BCUT2D eigenvalue weighted by Crippen LogP contribution is 2.39. The summed E-state index contributed by atoms with van der Waals surface area (Å²) in [5.41, 5.74) is 2.16. The largest absolute Gasteiger partial charge is 0.495 e. The molecule has 0 saturated carbocycles. The number of methoxy groups -OCH3 is 3. The molecule has 0 spiro atoms. The Hall–Kier alpha value is -2.44. The van der Waals surface area contributed by atoms with Gasteiger partial charge in [0.25, 0.3) is 0 Å². The van der Waals surface area contributed by atoms with E-state index in [0.29, 0.717) is 40.9 Å². The maximum absolute atomic E-state index is 12.6. The fourth-order valence-corrected chi connectivity index (χ4v) is 4.78. The van der Waals surface area contributed by atoms with Crippen LogP contribution in [0.3, 0.4) is 0 Å². The van der Waals surface area contributed by atoms with Crippen LogP contribution in [0.15, 0.2) is 36.4 Å². The molecule has 7 heteroatoms. The average molecular weight is 431 g/mol. The molecule has 6 nitrogen and oxygen atoms in total. The number of carbonyl (C=O) groups is 1. The van der Waals surface area contributed by atoms with E-state index in [9.17, 15) is 4.79 Å². The first-order valence-electron chi connectivity index (χ1n) is 10.1. The molecule has 4 rings (SSSR count). The molecule has 2 aromatic carbocycles. The number of hydrogen-bond acceptors (Lipinski definition) is 6. The van der Waals surface area contributed by atoms with Crippen LogP contribution in [0.5, 0.6) is 17.2 Å². The van der Waals surface area contributed by atoms with Crippen molar-refractivity contribution >= 4 is 23.1 Å². The SMILES string of the molecule is COc1cc(N2CCN3[C@H](CC(=O)C[C@@H]3c3ccc(OC)c(OC)c3)C2)ccc1Cl. The van der Waals surface area contributed by atoms with Gasteiger partial charge in [-0.05, 0) is 29.8 Å². The van der Waals surface area contributed by atoms with Crippen LogP contribution < -0.4 is 19.1 Å². The maximum Gasteiger partial charge on any atom is 0.161 e. The van der Waals surface area contributed by atoms with Gasteiger partial charge in [-0.25, -0.2) is 0 Å². The molecule has 0 aliphatic carbocycles. The lowest BCUT2D eigenvalue weighted by Crippen LogP contribution is -2.57. The molecular weight excluding hydrogens is 404 g/mol. The Morgan fingerprint density at radius 3 is 2.40 bits per heavy atom. The van der Waals surface area contributed by atoms with Gasteiger partial charge in [0, 0.05) is 56.3 Å². The van der Waals surface area contributed by atoms with Crippen molar-refractivity contribution in [2.45, 2.75) is 24.9 Å². The van der Waals surface area contributed by atoms with Crippen molar-refractivity contribution in [1.82, 2.24) is 4.90 Å². The predicted molar refractivity (Wildman–Crippen MR) is 117 cm³/mol. The van der Waals surface area contributed by atoms with Crippen molar-refractivity contribution in [2.24, 2.45) is 0 Å². The van der Waals surface area contributed by atoms with Crippen LogP contribution in [0, 0.1) is 0 Å². The van der Waals surface area contributed by atoms with Gasteiger partial charge in [-0.2, -0.15) is 0 Å². The molecule has 0 bridgehead atoms. The minimum Gasteiger partial charge on any atom is -0.495 e. The topological polar surface area (TPSA) is 51.2 Å². The van der Waals surface area contributed by atoms with E-state index >= 15 is 0 Å². The second-order valence-electron chi connectivity index (χ2n) is 7.73. The number of piperidine rings is 1. The number of halogens is 1. The summed E-state index contributed by atoms with van der Waals surface area (Å²) in [7, 11) is 4.88. The molecule has 0 amide bonds. The van der Waals surface area contributed by atoms with Crippen molar-refractivity contribution < 1.29 is 19.0 Å². The van der Waals surface area contributed by atoms with Crippen molar-refractivity contribution in [3.8, 4) is 17.2 Å². The van der Waals surface area contributed by atoms with Gasteiger partial charge in [-0.15, -0.1) is 0 Å². The standard InChI is InChI=1S/C23H27ClN2O4/c1-28-21-7-4-15(10-23(21)30-3)20-13-18(27)11-17-14-25(8-9-26(17)20)16-5-6-19(24)22(12-16)29-2/h4-7,10,12,17,20H,8-9,11,13-14H2,1-3H3/t17-,20-/m1/s1. The lowest BCUT2D eigenvalue weighted by atomic mass is 9.88. The zero-order valence-electron chi connectivity index (χ0n) is 17.6. The normalized spacial score (nSPS) is 21.9. The van der Waals surface area contributed by atoms with E-state index in [2.05, 4.69) is 9.80 Å². The van der Waals surface area contributed by atoms with E-state index < -0.39 is 0 Å². The first kappa shape index (κ1) is 20.8. The van der Waals surface area contributed by atoms with Crippen LogP contribution >= 0.6 is 11.6 Å². The van der Waals surface area contributed by atoms with E-state index in [-0.39, 0.29) is 12.1 Å². The fourth-order valence-electron chi connectivity index (χ4n) is 4.59. The van der Waals surface area contributed by atoms with Crippen LogP contribution in [0.4, 0.5) is 5.69 Å². The molecule has 2 heterocycles. The summed E-state index contributed by atoms with van der Waals surface area (Å²) in [6, 6.07) is 12.0. The van der Waals surface area contributed by atoms with E-state index in [1.807, 2.05) is 36.4 Å². The van der Waals surface area contributed by atoms with Crippen LogP contribution in [-0.2, 0) is 4.79 Å². The van der Waals surface area contributed by atoms with Crippen LogP contribution in [0.25, 0.3) is 0 Å². The Labute approximate surface area is 182 Å². The number of carbonyl (C=O) groups excluding carboxylic acids is 1. The summed E-state index contributed by atoms with van der Waals surface area (Å²) in [4.78, 5) is 17.4. The molecule has 2 aromatic rings. The number of nitrogens with zero attached hydrogens (tertiary/aromatic N) is 2. The molecule has 0 N–H and O–H groups in total. The predicted octanol–water partition coefficient (Wildman–Crippen LogP) is 3.96. The van der Waals surface area contributed by atoms with Gasteiger partial charge in [0.2, 0.25) is 0 Å². The second-order valence-corrected chi connectivity index (χ2v) is 8.14. The number of benzene rings is 2. The van der Waals surface area contributed by atoms with Gasteiger partial charge >= 0.3 is 0 Å². The third kappa shape index (κ3) is 3.94. The Balaban J connectivity index is 1.57. The molecule has 0 aromatic heterocycles. The van der Waals surface area contributed by atoms with Crippen LogP contribution in [-0.4, -0.2) is 57.7 Å². The van der Waals surface area contributed by atoms with Gasteiger partial charge in [0.1, 0.15) is 11.5 Å². The molecule has 0 unspecified atom stereocenters. The van der Waals surface area contributed by atoms with Crippen molar-refractivity contribution in [2.75, 3.05) is 45.9 Å². The van der Waals surface area contributed by atoms with Crippen LogP contribution in [0.2, 0.25) is 5.02 Å². The number of anilines is 1. The summed E-state index contributed by atoms with van der Waals surface area (Å²) in [6.45, 7) is 2.54. The van der Waals surface area contributed by atoms with Crippen molar-refractivity contribution in [3.05, 3.63) is 47.0 Å². The number of piperazine rings is 1. The smallest absolute Gasteiger partial charge is 0.161 e. The molecule has 2 saturated heterocycles. The lowest BCUT2D eigenvalue weighted by molar-refractivity contribution is -0.125.